The molecule has 2 amide bonds. The maximum atomic E-state index is 12.4. The van der Waals surface area contributed by atoms with Gasteiger partial charge in [0.1, 0.15) is 12.4 Å². The highest BCUT2D eigenvalue weighted by atomic mass is 16.2. The van der Waals surface area contributed by atoms with Gasteiger partial charge in [0.25, 0.3) is 0 Å². The molecule has 6 heteroatoms. The zero-order chi connectivity index (χ0) is 18.7. The standard InChI is InChI=1S/C18H32N4O2/c1-12(2)9-17(24)22(13(3)4)11-16(23)19-15-10-14(18(5,6)7)20-21(15)8/h10,12-13H,9,11H2,1-8H3,(H,19,23). The Morgan fingerprint density at radius 1 is 1.25 bits per heavy atom. The second kappa shape index (κ2) is 7.81. The Bertz CT molecular complexity index is 582. The Hall–Kier alpha value is -1.85. The van der Waals surface area contributed by atoms with Crippen LogP contribution in [0.5, 0.6) is 0 Å². The summed E-state index contributed by atoms with van der Waals surface area (Å²) in [5, 5.41) is 7.31. The van der Waals surface area contributed by atoms with Crippen molar-refractivity contribution < 1.29 is 9.59 Å². The van der Waals surface area contributed by atoms with Crippen LogP contribution in [0.25, 0.3) is 0 Å². The molecule has 0 atom stereocenters. The highest BCUT2D eigenvalue weighted by Gasteiger charge is 2.23. The van der Waals surface area contributed by atoms with Crippen LogP contribution in [0.2, 0.25) is 0 Å². The van der Waals surface area contributed by atoms with Crippen molar-refractivity contribution in [3.8, 4) is 0 Å². The number of carbonyl (C=O) groups excluding carboxylic acids is 2. The van der Waals surface area contributed by atoms with Gasteiger partial charge in [0.2, 0.25) is 11.8 Å². The Morgan fingerprint density at radius 3 is 2.25 bits per heavy atom. The van der Waals surface area contributed by atoms with Gasteiger partial charge in [-0.1, -0.05) is 34.6 Å². The highest BCUT2D eigenvalue weighted by Crippen LogP contribution is 2.23. The van der Waals surface area contributed by atoms with E-state index in [1.165, 1.54) is 0 Å². The first kappa shape index (κ1) is 20.2. The van der Waals surface area contributed by atoms with E-state index in [1.54, 1.807) is 16.6 Å². The average molecular weight is 336 g/mol. The third-order valence-electron chi connectivity index (χ3n) is 3.76. The summed E-state index contributed by atoms with van der Waals surface area (Å²) in [6, 6.07) is 1.87. The minimum Gasteiger partial charge on any atom is -0.331 e. The van der Waals surface area contributed by atoms with Gasteiger partial charge in [-0.25, -0.2) is 0 Å². The molecule has 0 aromatic carbocycles. The predicted octanol–water partition coefficient (Wildman–Crippen LogP) is 2.94. The molecule has 0 unspecified atom stereocenters. The summed E-state index contributed by atoms with van der Waals surface area (Å²) in [5.41, 5.74) is 0.828. The Kier molecular flexibility index (Phi) is 6.58. The van der Waals surface area contributed by atoms with Crippen LogP contribution in [0.3, 0.4) is 0 Å². The van der Waals surface area contributed by atoms with Gasteiger partial charge in [-0.3, -0.25) is 14.3 Å². The first-order valence-corrected chi connectivity index (χ1v) is 8.55. The van der Waals surface area contributed by atoms with Crippen LogP contribution in [0.1, 0.15) is 60.6 Å². The minimum absolute atomic E-state index is 0.00976. The molecule has 0 radical (unpaired) electrons. The van der Waals surface area contributed by atoms with Crippen LogP contribution >= 0.6 is 0 Å². The third kappa shape index (κ3) is 5.65. The van der Waals surface area contributed by atoms with Crippen molar-refractivity contribution in [2.24, 2.45) is 13.0 Å². The normalized spacial score (nSPS) is 11.9. The fraction of sp³-hybridized carbons (Fsp3) is 0.722. The summed E-state index contributed by atoms with van der Waals surface area (Å²) in [5.74, 6) is 0.720. The van der Waals surface area contributed by atoms with Gasteiger partial charge in [0.05, 0.1) is 5.69 Å². The molecule has 136 valence electrons. The third-order valence-corrected chi connectivity index (χ3v) is 3.76. The monoisotopic (exact) mass is 336 g/mol. The van der Waals surface area contributed by atoms with Gasteiger partial charge in [-0.2, -0.15) is 5.10 Å². The first-order chi connectivity index (χ1) is 10.9. The molecule has 0 aliphatic rings. The molecule has 6 nitrogen and oxygen atoms in total. The van der Waals surface area contributed by atoms with Crippen molar-refractivity contribution in [1.82, 2.24) is 14.7 Å². The smallest absolute Gasteiger partial charge is 0.245 e. The van der Waals surface area contributed by atoms with Crippen LogP contribution < -0.4 is 5.32 Å². The zero-order valence-corrected chi connectivity index (χ0v) is 16.3. The number of nitrogens with one attached hydrogen (secondary N) is 1. The molecule has 0 saturated carbocycles. The lowest BCUT2D eigenvalue weighted by Gasteiger charge is -2.27. The second-order valence-corrected chi connectivity index (χ2v) is 8.05. The molecule has 0 saturated heterocycles. The van der Waals surface area contributed by atoms with Crippen LogP contribution in [-0.4, -0.2) is 39.1 Å². The van der Waals surface area contributed by atoms with Gasteiger partial charge in [0, 0.05) is 31.0 Å². The van der Waals surface area contributed by atoms with Crippen molar-refractivity contribution in [3.63, 3.8) is 0 Å². The number of rotatable bonds is 6. The molecule has 1 heterocycles. The lowest BCUT2D eigenvalue weighted by Crippen LogP contribution is -2.42. The molecule has 1 N–H and O–H groups in total. The van der Waals surface area contributed by atoms with E-state index in [4.69, 9.17) is 0 Å². The van der Waals surface area contributed by atoms with E-state index in [9.17, 15) is 9.59 Å². The van der Waals surface area contributed by atoms with E-state index in [0.717, 1.165) is 5.69 Å². The summed E-state index contributed by atoms with van der Waals surface area (Å²) in [6.07, 6.45) is 0.450. The maximum absolute atomic E-state index is 12.4. The molecule has 0 spiro atoms. The van der Waals surface area contributed by atoms with Crippen LogP contribution in [-0.2, 0) is 22.1 Å². The van der Waals surface area contributed by atoms with Gasteiger partial charge < -0.3 is 10.2 Å². The number of carbonyl (C=O) groups is 2. The number of hydrogen-bond acceptors (Lipinski definition) is 3. The fourth-order valence-corrected chi connectivity index (χ4v) is 2.31. The molecule has 1 rings (SSSR count). The van der Waals surface area contributed by atoms with Gasteiger partial charge in [-0.15, -0.1) is 0 Å². The summed E-state index contributed by atoms with van der Waals surface area (Å²) in [7, 11) is 1.80. The second-order valence-electron chi connectivity index (χ2n) is 8.05. The number of anilines is 1. The predicted molar refractivity (Wildman–Crippen MR) is 96.8 cm³/mol. The lowest BCUT2D eigenvalue weighted by atomic mass is 9.92. The SMILES string of the molecule is CC(C)CC(=O)N(CC(=O)Nc1cc(C(C)(C)C)nn1C)C(C)C. The van der Waals surface area contributed by atoms with Gasteiger partial charge >= 0.3 is 0 Å². The largest absolute Gasteiger partial charge is 0.331 e. The number of hydrogen-bond donors (Lipinski definition) is 1. The molecule has 1 aromatic rings. The highest BCUT2D eigenvalue weighted by molar-refractivity contribution is 5.94. The van der Waals surface area contributed by atoms with Crippen molar-refractivity contribution >= 4 is 17.6 Å². The van der Waals surface area contributed by atoms with Gasteiger partial charge in [0.15, 0.2) is 0 Å². The molecule has 0 aliphatic heterocycles. The summed E-state index contributed by atoms with van der Waals surface area (Å²) < 4.78 is 1.66. The van der Waals surface area contributed by atoms with E-state index >= 15 is 0 Å². The molecule has 0 aliphatic carbocycles. The van der Waals surface area contributed by atoms with E-state index < -0.39 is 0 Å². The number of amides is 2. The molecule has 0 bridgehead atoms. The minimum atomic E-state index is -0.204. The molecule has 24 heavy (non-hydrogen) atoms. The van der Waals surface area contributed by atoms with Crippen molar-refractivity contribution in [3.05, 3.63) is 11.8 Å². The van der Waals surface area contributed by atoms with E-state index in [2.05, 4.69) is 31.2 Å². The van der Waals surface area contributed by atoms with E-state index in [1.807, 2.05) is 33.8 Å². The fourth-order valence-electron chi connectivity index (χ4n) is 2.31. The Labute approximate surface area is 145 Å². The van der Waals surface area contributed by atoms with Crippen LogP contribution in [0, 0.1) is 5.92 Å². The maximum Gasteiger partial charge on any atom is 0.245 e. The topological polar surface area (TPSA) is 67.2 Å². The summed E-state index contributed by atoms with van der Waals surface area (Å²) in [4.78, 5) is 26.3. The summed E-state index contributed by atoms with van der Waals surface area (Å²) >= 11 is 0. The molecular formula is C18H32N4O2. The number of nitrogens with zero attached hydrogens (tertiary/aromatic N) is 3. The van der Waals surface area contributed by atoms with Crippen LogP contribution in [0.15, 0.2) is 6.07 Å². The van der Waals surface area contributed by atoms with Crippen molar-refractivity contribution in [2.45, 2.75) is 66.3 Å². The molecular weight excluding hydrogens is 304 g/mol. The Balaban J connectivity index is 2.80. The van der Waals surface area contributed by atoms with Gasteiger partial charge in [-0.05, 0) is 19.8 Å². The molecule has 0 fully saturated rings. The van der Waals surface area contributed by atoms with Crippen molar-refractivity contribution in [1.29, 1.82) is 0 Å². The average Bonchev–Trinajstić information content (AvgIpc) is 2.76. The first-order valence-electron chi connectivity index (χ1n) is 8.55. The lowest BCUT2D eigenvalue weighted by molar-refractivity contribution is -0.137. The Morgan fingerprint density at radius 2 is 1.83 bits per heavy atom. The zero-order valence-electron chi connectivity index (χ0n) is 16.3. The number of aryl methyl sites for hydroxylation is 1. The van der Waals surface area contributed by atoms with Crippen molar-refractivity contribution in [2.75, 3.05) is 11.9 Å². The quantitative estimate of drug-likeness (QED) is 0.868. The number of aromatic nitrogens is 2. The summed E-state index contributed by atoms with van der Waals surface area (Å²) in [6.45, 7) is 14.1. The molecule has 1 aromatic heterocycles. The van der Waals surface area contributed by atoms with E-state index in [-0.39, 0.29) is 35.7 Å². The van der Waals surface area contributed by atoms with Crippen LogP contribution in [0.4, 0.5) is 5.82 Å². The van der Waals surface area contributed by atoms with E-state index in [0.29, 0.717) is 12.2 Å².